The van der Waals surface area contributed by atoms with E-state index in [9.17, 15) is 9.90 Å². The average Bonchev–Trinajstić information content (AvgIpc) is 3.18. The molecular weight excluding hydrogens is 306 g/mol. The fourth-order valence-electron chi connectivity index (χ4n) is 3.44. The highest BCUT2D eigenvalue weighted by atomic mass is 16.5. The van der Waals surface area contributed by atoms with E-state index in [1.54, 1.807) is 0 Å². The molecule has 6 nitrogen and oxygen atoms in total. The molecule has 2 aliphatic rings. The molecule has 1 atom stereocenters. The predicted molar refractivity (Wildman–Crippen MR) is 90.1 cm³/mol. The van der Waals surface area contributed by atoms with Crippen LogP contribution in [0.15, 0.2) is 34.9 Å². The van der Waals surface area contributed by atoms with Gasteiger partial charge >= 0.3 is 5.97 Å². The van der Waals surface area contributed by atoms with Crippen molar-refractivity contribution in [3.63, 3.8) is 0 Å². The van der Waals surface area contributed by atoms with E-state index in [2.05, 4.69) is 15.4 Å². The number of carbonyl (C=O) groups is 1. The Balaban J connectivity index is 1.47. The number of aromatic carboxylic acids is 1. The summed E-state index contributed by atoms with van der Waals surface area (Å²) in [6.07, 6.45) is 3.80. The second-order valence-corrected chi connectivity index (χ2v) is 6.67. The van der Waals surface area contributed by atoms with Gasteiger partial charge < -0.3 is 19.8 Å². The highest BCUT2D eigenvalue weighted by Gasteiger charge is 2.34. The minimum Gasteiger partial charge on any atom is -0.477 e. The maximum absolute atomic E-state index is 11.7. The molecule has 2 heterocycles. The van der Waals surface area contributed by atoms with Crippen molar-refractivity contribution in [3.8, 4) is 11.3 Å². The molecule has 1 aromatic carbocycles. The number of nitrogens with zero attached hydrogens (tertiary/aromatic N) is 2. The van der Waals surface area contributed by atoms with E-state index < -0.39 is 5.97 Å². The molecule has 6 heteroatoms. The van der Waals surface area contributed by atoms with Gasteiger partial charge in [-0.2, -0.15) is 0 Å². The van der Waals surface area contributed by atoms with Crippen molar-refractivity contribution in [3.05, 3.63) is 35.9 Å². The van der Waals surface area contributed by atoms with Gasteiger partial charge in [-0.1, -0.05) is 35.5 Å². The third-order valence-electron chi connectivity index (χ3n) is 4.88. The summed E-state index contributed by atoms with van der Waals surface area (Å²) in [4.78, 5) is 14.2. The maximum Gasteiger partial charge on any atom is 0.343 e. The van der Waals surface area contributed by atoms with Crippen LogP contribution in [0, 0.1) is 5.92 Å². The third-order valence-corrected chi connectivity index (χ3v) is 4.88. The molecule has 1 aliphatic heterocycles. The van der Waals surface area contributed by atoms with E-state index in [-0.39, 0.29) is 5.56 Å². The molecule has 0 amide bonds. The Kier molecular flexibility index (Phi) is 3.98. The van der Waals surface area contributed by atoms with Crippen LogP contribution in [0.3, 0.4) is 0 Å². The first-order valence-corrected chi connectivity index (χ1v) is 8.48. The van der Waals surface area contributed by atoms with Crippen molar-refractivity contribution >= 4 is 11.8 Å². The summed E-state index contributed by atoms with van der Waals surface area (Å²) < 4.78 is 5.32. The first-order chi connectivity index (χ1) is 11.7. The van der Waals surface area contributed by atoms with Crippen LogP contribution >= 0.6 is 0 Å². The summed E-state index contributed by atoms with van der Waals surface area (Å²) in [7, 11) is 0. The molecule has 1 saturated carbocycles. The van der Waals surface area contributed by atoms with Crippen LogP contribution in [0.4, 0.5) is 5.82 Å². The molecule has 126 valence electrons. The molecule has 2 fully saturated rings. The van der Waals surface area contributed by atoms with Gasteiger partial charge in [-0.15, -0.1) is 0 Å². The molecule has 0 radical (unpaired) electrons. The first kappa shape index (κ1) is 15.2. The Bertz CT molecular complexity index is 724. The number of nitrogens with one attached hydrogen (secondary N) is 1. The lowest BCUT2D eigenvalue weighted by Gasteiger charge is -2.15. The van der Waals surface area contributed by atoms with Crippen LogP contribution in [0.5, 0.6) is 0 Å². The Labute approximate surface area is 140 Å². The molecule has 1 aromatic heterocycles. The van der Waals surface area contributed by atoms with Gasteiger partial charge in [0, 0.05) is 24.7 Å². The zero-order valence-corrected chi connectivity index (χ0v) is 13.4. The van der Waals surface area contributed by atoms with Gasteiger partial charge in [0.05, 0.1) is 0 Å². The van der Waals surface area contributed by atoms with Gasteiger partial charge in [0.25, 0.3) is 0 Å². The summed E-state index contributed by atoms with van der Waals surface area (Å²) in [6.45, 7) is 2.96. The van der Waals surface area contributed by atoms with E-state index in [1.807, 2.05) is 30.3 Å². The van der Waals surface area contributed by atoms with E-state index >= 15 is 0 Å². The van der Waals surface area contributed by atoms with Gasteiger partial charge in [0.2, 0.25) is 0 Å². The van der Waals surface area contributed by atoms with Crippen molar-refractivity contribution in [2.75, 3.05) is 25.0 Å². The number of rotatable bonds is 6. The summed E-state index contributed by atoms with van der Waals surface area (Å²) in [5.41, 5.74) is 0.828. The third kappa shape index (κ3) is 3.01. The quantitative estimate of drug-likeness (QED) is 0.849. The normalized spacial score (nSPS) is 21.1. The van der Waals surface area contributed by atoms with E-state index in [0.717, 1.165) is 37.7 Å². The predicted octanol–water partition coefficient (Wildman–Crippen LogP) is 2.94. The Morgan fingerprint density at radius 3 is 2.79 bits per heavy atom. The van der Waals surface area contributed by atoms with Crippen LogP contribution in [0.1, 0.15) is 29.6 Å². The lowest BCUT2D eigenvalue weighted by Crippen LogP contribution is -2.25. The highest BCUT2D eigenvalue weighted by Crippen LogP contribution is 2.33. The number of carboxylic acid groups (broad SMARTS) is 1. The Morgan fingerprint density at radius 1 is 1.29 bits per heavy atom. The van der Waals surface area contributed by atoms with Crippen molar-refractivity contribution in [2.45, 2.75) is 25.3 Å². The minimum atomic E-state index is -1.02. The lowest BCUT2D eigenvalue weighted by atomic mass is 10.1. The summed E-state index contributed by atoms with van der Waals surface area (Å²) >= 11 is 0. The second-order valence-electron chi connectivity index (χ2n) is 6.67. The molecule has 0 spiro atoms. The summed E-state index contributed by atoms with van der Waals surface area (Å²) in [5.74, 6) is 0.135. The van der Waals surface area contributed by atoms with Crippen LogP contribution in [-0.4, -0.2) is 46.8 Å². The standard InChI is InChI=1S/C18H21N3O3/c22-18(23)15-16(13-4-2-1-3-5-13)24-20-17(15)19-10-12-8-9-21(11-12)14-6-7-14/h1-5,12,14H,6-11H2,(H,19,20)(H,22,23). The average molecular weight is 327 g/mol. The van der Waals surface area contributed by atoms with Crippen LogP contribution in [0.25, 0.3) is 11.3 Å². The van der Waals surface area contributed by atoms with Crippen LogP contribution in [-0.2, 0) is 0 Å². The number of hydrogen-bond donors (Lipinski definition) is 2. The van der Waals surface area contributed by atoms with Gasteiger partial charge in [0.1, 0.15) is 0 Å². The molecule has 4 rings (SSSR count). The molecule has 2 N–H and O–H groups in total. The SMILES string of the molecule is O=C(O)c1c(NCC2CCN(C3CC3)C2)noc1-c1ccccc1. The van der Waals surface area contributed by atoms with Crippen molar-refractivity contribution < 1.29 is 14.4 Å². The molecule has 1 unspecified atom stereocenters. The van der Waals surface area contributed by atoms with Crippen molar-refractivity contribution in [1.29, 1.82) is 0 Å². The number of likely N-dealkylation sites (tertiary alicyclic amines) is 1. The molecule has 1 aliphatic carbocycles. The molecule has 1 saturated heterocycles. The highest BCUT2D eigenvalue weighted by molar-refractivity contribution is 5.99. The molecular formula is C18H21N3O3. The smallest absolute Gasteiger partial charge is 0.343 e. The molecule has 0 bridgehead atoms. The minimum absolute atomic E-state index is 0.109. The monoisotopic (exact) mass is 327 g/mol. The molecule has 24 heavy (non-hydrogen) atoms. The van der Waals surface area contributed by atoms with Crippen LogP contribution < -0.4 is 5.32 Å². The zero-order valence-electron chi connectivity index (χ0n) is 13.4. The number of benzene rings is 1. The number of anilines is 1. The second kappa shape index (κ2) is 6.28. The van der Waals surface area contributed by atoms with Gasteiger partial charge in [-0.05, 0) is 31.7 Å². The summed E-state index contributed by atoms with van der Waals surface area (Å²) in [5, 5.41) is 16.7. The van der Waals surface area contributed by atoms with Crippen molar-refractivity contribution in [1.82, 2.24) is 10.1 Å². The Morgan fingerprint density at radius 2 is 2.08 bits per heavy atom. The zero-order chi connectivity index (χ0) is 16.5. The largest absolute Gasteiger partial charge is 0.477 e. The van der Waals surface area contributed by atoms with Gasteiger partial charge in [-0.25, -0.2) is 4.79 Å². The van der Waals surface area contributed by atoms with E-state index in [4.69, 9.17) is 4.52 Å². The van der Waals surface area contributed by atoms with E-state index in [1.165, 1.54) is 12.8 Å². The summed E-state index contributed by atoms with van der Waals surface area (Å²) in [6, 6.07) is 10.0. The maximum atomic E-state index is 11.7. The number of hydrogen-bond acceptors (Lipinski definition) is 5. The van der Waals surface area contributed by atoms with Gasteiger partial charge in [0.15, 0.2) is 17.1 Å². The first-order valence-electron chi connectivity index (χ1n) is 8.48. The fourth-order valence-corrected chi connectivity index (χ4v) is 3.44. The van der Waals surface area contributed by atoms with E-state index in [0.29, 0.717) is 17.5 Å². The van der Waals surface area contributed by atoms with Gasteiger partial charge in [-0.3, -0.25) is 0 Å². The number of aromatic nitrogens is 1. The molecule has 2 aromatic rings. The Hall–Kier alpha value is -2.34. The fraction of sp³-hybridized carbons (Fsp3) is 0.444. The lowest BCUT2D eigenvalue weighted by molar-refractivity contribution is 0.0698. The topological polar surface area (TPSA) is 78.6 Å². The van der Waals surface area contributed by atoms with Crippen molar-refractivity contribution in [2.24, 2.45) is 5.92 Å². The number of carboxylic acids is 1. The van der Waals surface area contributed by atoms with Crippen LogP contribution in [0.2, 0.25) is 0 Å².